The molecular formula is C24H23N3O6. The van der Waals surface area contributed by atoms with Crippen molar-refractivity contribution < 1.29 is 23.5 Å². The van der Waals surface area contributed by atoms with E-state index in [1.54, 1.807) is 49.4 Å². The zero-order valence-corrected chi connectivity index (χ0v) is 18.2. The van der Waals surface area contributed by atoms with E-state index < -0.39 is 0 Å². The molecule has 0 saturated heterocycles. The van der Waals surface area contributed by atoms with Crippen molar-refractivity contribution in [1.29, 1.82) is 0 Å². The van der Waals surface area contributed by atoms with Gasteiger partial charge >= 0.3 is 0 Å². The molecule has 2 aromatic heterocycles. The molecule has 1 amide bonds. The summed E-state index contributed by atoms with van der Waals surface area (Å²) in [4.78, 5) is 28.8. The van der Waals surface area contributed by atoms with E-state index in [1.165, 1.54) is 6.07 Å². The molecule has 0 bridgehead atoms. The van der Waals surface area contributed by atoms with Crippen LogP contribution in [0.25, 0.3) is 5.65 Å². The van der Waals surface area contributed by atoms with Crippen molar-refractivity contribution >= 4 is 17.2 Å². The lowest BCUT2D eigenvalue weighted by atomic mass is 10.3. The standard InChI is InChI=1S/C24H23N3O6/c1-3-30-20-9-4-5-10-21(20)32-15-23(28)26-17-7-6-8-19(12-17)31-14-18-13-24(29)27-22(25-18)11-16(2)33-27/h4-13H,3,14-15H2,1-2H3,(H,26,28). The van der Waals surface area contributed by atoms with Crippen LogP contribution in [0.4, 0.5) is 5.69 Å². The highest BCUT2D eigenvalue weighted by molar-refractivity contribution is 5.92. The number of benzene rings is 2. The molecule has 0 saturated carbocycles. The Morgan fingerprint density at radius 2 is 1.82 bits per heavy atom. The third kappa shape index (κ3) is 5.51. The lowest BCUT2D eigenvalue weighted by Crippen LogP contribution is -2.20. The number of rotatable bonds is 9. The van der Waals surface area contributed by atoms with Crippen LogP contribution >= 0.6 is 0 Å². The number of ether oxygens (including phenoxy) is 3. The fourth-order valence-electron chi connectivity index (χ4n) is 3.15. The van der Waals surface area contributed by atoms with E-state index >= 15 is 0 Å². The SMILES string of the molecule is CCOc1ccccc1OCC(=O)Nc1cccc(OCc2cc(=O)n3oc(C)cc3n2)c1. The molecule has 33 heavy (non-hydrogen) atoms. The highest BCUT2D eigenvalue weighted by Gasteiger charge is 2.10. The van der Waals surface area contributed by atoms with Gasteiger partial charge in [0.25, 0.3) is 11.5 Å². The number of aromatic nitrogens is 2. The van der Waals surface area contributed by atoms with Crippen LogP contribution in [0.5, 0.6) is 17.2 Å². The van der Waals surface area contributed by atoms with Crippen LogP contribution in [-0.4, -0.2) is 28.7 Å². The number of anilines is 1. The number of carbonyl (C=O) groups excluding carboxylic acids is 1. The summed E-state index contributed by atoms with van der Waals surface area (Å²) in [7, 11) is 0. The van der Waals surface area contributed by atoms with Gasteiger partial charge in [-0.25, -0.2) is 4.98 Å². The van der Waals surface area contributed by atoms with Crippen LogP contribution in [-0.2, 0) is 11.4 Å². The summed E-state index contributed by atoms with van der Waals surface area (Å²) in [6, 6.07) is 17.1. The number of para-hydroxylation sites is 2. The highest BCUT2D eigenvalue weighted by Crippen LogP contribution is 2.26. The minimum Gasteiger partial charge on any atom is -0.490 e. The average Bonchev–Trinajstić information content (AvgIpc) is 3.18. The molecule has 1 N–H and O–H groups in total. The second-order valence-corrected chi connectivity index (χ2v) is 7.12. The molecule has 2 aromatic carbocycles. The smallest absolute Gasteiger partial charge is 0.287 e. The highest BCUT2D eigenvalue weighted by atomic mass is 16.5. The first kappa shape index (κ1) is 21.9. The number of carbonyl (C=O) groups is 1. The Bertz CT molecular complexity index is 1330. The Kier molecular flexibility index (Phi) is 6.58. The third-order valence-electron chi connectivity index (χ3n) is 4.54. The van der Waals surface area contributed by atoms with Gasteiger partial charge in [0.2, 0.25) is 0 Å². The van der Waals surface area contributed by atoms with Gasteiger partial charge in [-0.05, 0) is 38.1 Å². The number of aryl methyl sites for hydroxylation is 1. The fourth-order valence-corrected chi connectivity index (χ4v) is 3.15. The van der Waals surface area contributed by atoms with E-state index in [0.29, 0.717) is 46.6 Å². The summed E-state index contributed by atoms with van der Waals surface area (Å²) in [5, 5.41) is 2.77. The minimum atomic E-state index is -0.325. The van der Waals surface area contributed by atoms with Gasteiger partial charge in [-0.3, -0.25) is 9.59 Å². The molecule has 0 radical (unpaired) electrons. The number of nitrogens with zero attached hydrogens (tertiary/aromatic N) is 2. The molecule has 0 fully saturated rings. The van der Waals surface area contributed by atoms with Crippen molar-refractivity contribution in [3.8, 4) is 17.2 Å². The van der Waals surface area contributed by atoms with Crippen LogP contribution in [0.2, 0.25) is 0 Å². The van der Waals surface area contributed by atoms with Crippen molar-refractivity contribution in [2.24, 2.45) is 0 Å². The normalized spacial score (nSPS) is 10.7. The molecule has 9 nitrogen and oxygen atoms in total. The zero-order chi connectivity index (χ0) is 23.2. The van der Waals surface area contributed by atoms with Gasteiger partial charge in [-0.1, -0.05) is 18.2 Å². The Labute approximate surface area is 189 Å². The van der Waals surface area contributed by atoms with E-state index in [-0.39, 0.29) is 24.7 Å². The first-order chi connectivity index (χ1) is 16.0. The van der Waals surface area contributed by atoms with Crippen LogP contribution in [0, 0.1) is 6.92 Å². The zero-order valence-electron chi connectivity index (χ0n) is 18.2. The number of amides is 1. The fraction of sp³-hybridized carbons (Fsp3) is 0.208. The van der Waals surface area contributed by atoms with Crippen LogP contribution < -0.4 is 25.1 Å². The second-order valence-electron chi connectivity index (χ2n) is 7.12. The van der Waals surface area contributed by atoms with E-state index in [0.717, 1.165) is 4.57 Å². The van der Waals surface area contributed by atoms with Gasteiger partial charge < -0.3 is 24.1 Å². The maximum atomic E-state index is 12.3. The van der Waals surface area contributed by atoms with Crippen LogP contribution in [0.3, 0.4) is 0 Å². The molecule has 0 aliphatic rings. The van der Waals surface area contributed by atoms with Gasteiger partial charge in [0.15, 0.2) is 23.8 Å². The topological polar surface area (TPSA) is 104 Å². The van der Waals surface area contributed by atoms with E-state index in [9.17, 15) is 9.59 Å². The Balaban J connectivity index is 1.35. The van der Waals surface area contributed by atoms with Gasteiger partial charge in [0, 0.05) is 23.9 Å². The summed E-state index contributed by atoms with van der Waals surface area (Å²) in [6.45, 7) is 4.04. The summed E-state index contributed by atoms with van der Waals surface area (Å²) >= 11 is 0. The van der Waals surface area contributed by atoms with Crippen LogP contribution in [0.1, 0.15) is 18.4 Å². The lowest BCUT2D eigenvalue weighted by Gasteiger charge is -2.12. The number of nitrogens with one attached hydrogen (secondary N) is 1. The molecule has 0 aliphatic heterocycles. The van der Waals surface area contributed by atoms with E-state index in [1.807, 2.05) is 19.1 Å². The van der Waals surface area contributed by atoms with Crippen molar-refractivity contribution in [3.05, 3.63) is 82.5 Å². The van der Waals surface area contributed by atoms with Gasteiger partial charge in [0.05, 0.1) is 12.3 Å². The van der Waals surface area contributed by atoms with Crippen LogP contribution in [0.15, 0.2) is 70.0 Å². The number of fused-ring (bicyclic) bond motifs is 1. The van der Waals surface area contributed by atoms with Gasteiger partial charge in [-0.15, -0.1) is 4.57 Å². The third-order valence-corrected chi connectivity index (χ3v) is 4.54. The second kappa shape index (κ2) is 9.90. The van der Waals surface area contributed by atoms with Gasteiger partial charge in [0.1, 0.15) is 18.1 Å². The lowest BCUT2D eigenvalue weighted by molar-refractivity contribution is -0.118. The monoisotopic (exact) mass is 449 g/mol. The van der Waals surface area contributed by atoms with Crippen molar-refractivity contribution in [1.82, 2.24) is 9.56 Å². The summed E-state index contributed by atoms with van der Waals surface area (Å²) < 4.78 is 23.3. The average molecular weight is 449 g/mol. The molecule has 4 aromatic rings. The molecule has 4 rings (SSSR count). The maximum Gasteiger partial charge on any atom is 0.287 e. The Morgan fingerprint density at radius 1 is 1.03 bits per heavy atom. The van der Waals surface area contributed by atoms with Crippen molar-refractivity contribution in [2.45, 2.75) is 20.5 Å². The minimum absolute atomic E-state index is 0.0880. The molecule has 0 unspecified atom stereocenters. The predicted octanol–water partition coefficient (Wildman–Crippen LogP) is 3.59. The molecule has 9 heteroatoms. The molecule has 170 valence electrons. The summed E-state index contributed by atoms with van der Waals surface area (Å²) in [6.07, 6.45) is 0. The molecule has 0 aliphatic carbocycles. The number of hydrogen-bond acceptors (Lipinski definition) is 7. The Hall–Kier alpha value is -4.27. The quantitative estimate of drug-likeness (QED) is 0.416. The summed E-state index contributed by atoms with van der Waals surface area (Å²) in [5.74, 6) is 1.86. The molecular weight excluding hydrogens is 426 g/mol. The summed E-state index contributed by atoms with van der Waals surface area (Å²) in [5.41, 5.74) is 1.12. The van der Waals surface area contributed by atoms with Crippen molar-refractivity contribution in [3.63, 3.8) is 0 Å². The predicted molar refractivity (Wildman–Crippen MR) is 121 cm³/mol. The number of hydrogen-bond donors (Lipinski definition) is 1. The molecule has 0 atom stereocenters. The van der Waals surface area contributed by atoms with Crippen molar-refractivity contribution in [2.75, 3.05) is 18.5 Å². The Morgan fingerprint density at radius 3 is 2.61 bits per heavy atom. The maximum absolute atomic E-state index is 12.3. The van der Waals surface area contributed by atoms with Gasteiger partial charge in [-0.2, -0.15) is 0 Å². The molecule has 0 spiro atoms. The first-order valence-electron chi connectivity index (χ1n) is 10.4. The van der Waals surface area contributed by atoms with E-state index in [2.05, 4.69) is 10.3 Å². The van der Waals surface area contributed by atoms with E-state index in [4.69, 9.17) is 18.7 Å². The first-order valence-corrected chi connectivity index (χ1v) is 10.4. The largest absolute Gasteiger partial charge is 0.490 e. The molecule has 2 heterocycles.